The molecule has 90 valence electrons. The topological polar surface area (TPSA) is 37.8 Å². The monoisotopic (exact) mass is 262 g/mol. The quantitative estimate of drug-likeness (QED) is 0.843. The van der Waals surface area contributed by atoms with Crippen LogP contribution < -0.4 is 5.69 Å². The number of H-pyrrole nitrogens is 1. The Labute approximate surface area is 98.5 Å². The van der Waals surface area contributed by atoms with Crippen LogP contribution in [0.1, 0.15) is 5.56 Å². The van der Waals surface area contributed by atoms with Gasteiger partial charge in [0.25, 0.3) is 0 Å². The van der Waals surface area contributed by atoms with Crippen LogP contribution in [0.2, 0.25) is 5.02 Å². The van der Waals surface area contributed by atoms with Gasteiger partial charge < -0.3 is 4.98 Å². The van der Waals surface area contributed by atoms with Gasteiger partial charge in [0.05, 0.1) is 16.3 Å². The van der Waals surface area contributed by atoms with Crippen molar-refractivity contribution in [2.24, 2.45) is 0 Å². The van der Waals surface area contributed by atoms with Crippen molar-refractivity contribution in [1.82, 2.24) is 9.55 Å². The van der Waals surface area contributed by atoms with E-state index in [1.54, 1.807) is 0 Å². The summed E-state index contributed by atoms with van der Waals surface area (Å²) in [7, 11) is 0. The average molecular weight is 263 g/mol. The van der Waals surface area contributed by atoms with Crippen LogP contribution in [0.25, 0.3) is 5.69 Å². The molecule has 0 saturated heterocycles. The first-order valence-corrected chi connectivity index (χ1v) is 4.90. The summed E-state index contributed by atoms with van der Waals surface area (Å²) in [5, 5.41) is 0.0692. The zero-order valence-electron chi connectivity index (χ0n) is 8.25. The predicted molar refractivity (Wildman–Crippen MR) is 56.4 cm³/mol. The maximum atomic E-state index is 12.5. The van der Waals surface area contributed by atoms with Gasteiger partial charge in [-0.1, -0.05) is 11.6 Å². The van der Waals surface area contributed by atoms with Gasteiger partial charge in [-0.25, -0.2) is 4.79 Å². The number of imidazole rings is 1. The minimum atomic E-state index is -4.47. The van der Waals surface area contributed by atoms with Crippen LogP contribution in [0.3, 0.4) is 0 Å². The molecule has 1 N–H and O–H groups in total. The molecular formula is C10H6ClF3N2O. The van der Waals surface area contributed by atoms with Crippen molar-refractivity contribution < 1.29 is 13.2 Å². The summed E-state index contributed by atoms with van der Waals surface area (Å²) in [5.41, 5.74) is -1.41. The summed E-state index contributed by atoms with van der Waals surface area (Å²) in [5.74, 6) is 0. The highest BCUT2D eigenvalue weighted by atomic mass is 35.5. The van der Waals surface area contributed by atoms with Gasteiger partial charge in [0.2, 0.25) is 0 Å². The van der Waals surface area contributed by atoms with Crippen LogP contribution in [0.4, 0.5) is 13.2 Å². The highest BCUT2D eigenvalue weighted by molar-refractivity contribution is 6.32. The van der Waals surface area contributed by atoms with Crippen LogP contribution in [-0.4, -0.2) is 9.55 Å². The van der Waals surface area contributed by atoms with Gasteiger partial charge in [0.15, 0.2) is 0 Å². The van der Waals surface area contributed by atoms with Crippen LogP contribution >= 0.6 is 11.6 Å². The van der Waals surface area contributed by atoms with E-state index in [2.05, 4.69) is 4.98 Å². The molecule has 0 atom stereocenters. The fraction of sp³-hybridized carbons (Fsp3) is 0.100. The SMILES string of the molecule is O=c1[nH]ccn1-c1cc(C(F)(F)F)ccc1Cl. The Bertz CT molecular complexity index is 600. The molecule has 1 aromatic carbocycles. The van der Waals surface area contributed by atoms with Crippen molar-refractivity contribution in [3.63, 3.8) is 0 Å². The number of benzene rings is 1. The summed E-state index contributed by atoms with van der Waals surface area (Å²) in [6.45, 7) is 0. The van der Waals surface area contributed by atoms with E-state index in [-0.39, 0.29) is 10.7 Å². The molecule has 7 heteroatoms. The van der Waals surface area contributed by atoms with Crippen LogP contribution in [-0.2, 0) is 6.18 Å². The third-order valence-corrected chi connectivity index (χ3v) is 2.50. The number of nitrogens with one attached hydrogen (secondary N) is 1. The summed E-state index contributed by atoms with van der Waals surface area (Å²) < 4.78 is 38.5. The lowest BCUT2D eigenvalue weighted by molar-refractivity contribution is -0.137. The normalized spacial score (nSPS) is 11.8. The smallest absolute Gasteiger partial charge is 0.312 e. The van der Waals surface area contributed by atoms with Gasteiger partial charge >= 0.3 is 11.9 Å². The summed E-state index contributed by atoms with van der Waals surface area (Å²) >= 11 is 5.77. The van der Waals surface area contributed by atoms with Crippen LogP contribution in [0.5, 0.6) is 0 Å². The van der Waals surface area contributed by atoms with Gasteiger partial charge in [0.1, 0.15) is 0 Å². The first-order chi connectivity index (χ1) is 7.89. The van der Waals surface area contributed by atoms with Gasteiger partial charge in [0, 0.05) is 12.4 Å². The van der Waals surface area contributed by atoms with Crippen LogP contribution in [0, 0.1) is 0 Å². The third kappa shape index (κ3) is 2.21. The van der Waals surface area contributed by atoms with Crippen molar-refractivity contribution in [3.05, 3.63) is 51.7 Å². The number of alkyl halides is 3. The molecule has 1 aromatic heterocycles. The summed E-state index contributed by atoms with van der Waals surface area (Å²) in [6, 6.07) is 2.81. The molecule has 2 aromatic rings. The minimum Gasteiger partial charge on any atom is -0.312 e. The molecule has 0 saturated carbocycles. The highest BCUT2D eigenvalue weighted by Gasteiger charge is 2.31. The first-order valence-electron chi connectivity index (χ1n) is 4.53. The summed E-state index contributed by atoms with van der Waals surface area (Å²) in [6.07, 6.45) is -1.85. The predicted octanol–water partition coefficient (Wildman–Crippen LogP) is 2.84. The molecule has 3 nitrogen and oxygen atoms in total. The second-order valence-electron chi connectivity index (χ2n) is 3.30. The fourth-order valence-electron chi connectivity index (χ4n) is 1.38. The molecule has 0 aliphatic carbocycles. The van der Waals surface area contributed by atoms with Crippen molar-refractivity contribution in [3.8, 4) is 5.69 Å². The molecule has 0 fully saturated rings. The lowest BCUT2D eigenvalue weighted by Crippen LogP contribution is -2.15. The number of rotatable bonds is 1. The maximum Gasteiger partial charge on any atom is 0.416 e. The fourth-order valence-corrected chi connectivity index (χ4v) is 1.59. The van der Waals surface area contributed by atoms with Crippen molar-refractivity contribution in [2.75, 3.05) is 0 Å². The number of hydrogen-bond acceptors (Lipinski definition) is 1. The largest absolute Gasteiger partial charge is 0.416 e. The molecule has 0 spiro atoms. The van der Waals surface area contributed by atoms with E-state index in [1.807, 2.05) is 0 Å². The number of aromatic amines is 1. The Morgan fingerprint density at radius 2 is 2.00 bits per heavy atom. The van der Waals surface area contributed by atoms with Gasteiger partial charge in [-0.05, 0) is 18.2 Å². The summed E-state index contributed by atoms with van der Waals surface area (Å²) in [4.78, 5) is 13.6. The number of hydrogen-bond donors (Lipinski definition) is 1. The maximum absolute atomic E-state index is 12.5. The molecule has 0 aliphatic rings. The van der Waals surface area contributed by atoms with E-state index < -0.39 is 17.4 Å². The van der Waals surface area contributed by atoms with Gasteiger partial charge in [-0.3, -0.25) is 4.57 Å². The molecule has 0 aliphatic heterocycles. The molecule has 0 amide bonds. The first kappa shape index (κ1) is 11.8. The molecular weight excluding hydrogens is 257 g/mol. The Balaban J connectivity index is 2.63. The molecule has 0 bridgehead atoms. The van der Waals surface area contributed by atoms with E-state index in [9.17, 15) is 18.0 Å². The molecule has 0 unspecified atom stereocenters. The Morgan fingerprint density at radius 3 is 2.53 bits per heavy atom. The molecule has 17 heavy (non-hydrogen) atoms. The highest BCUT2D eigenvalue weighted by Crippen LogP contribution is 2.32. The van der Waals surface area contributed by atoms with E-state index in [0.717, 1.165) is 22.8 Å². The van der Waals surface area contributed by atoms with Gasteiger partial charge in [-0.2, -0.15) is 13.2 Å². The molecule has 2 rings (SSSR count). The Hall–Kier alpha value is -1.69. The number of nitrogens with zero attached hydrogens (tertiary/aromatic N) is 1. The zero-order valence-corrected chi connectivity index (χ0v) is 9.01. The van der Waals surface area contributed by atoms with Gasteiger partial charge in [-0.15, -0.1) is 0 Å². The second-order valence-corrected chi connectivity index (χ2v) is 3.71. The zero-order chi connectivity index (χ0) is 12.6. The van der Waals surface area contributed by atoms with E-state index >= 15 is 0 Å². The lowest BCUT2D eigenvalue weighted by atomic mass is 10.2. The van der Waals surface area contributed by atoms with E-state index in [1.165, 1.54) is 12.4 Å². The molecule has 0 radical (unpaired) electrons. The number of aromatic nitrogens is 2. The number of halogens is 4. The standard InChI is InChI=1S/C10H6ClF3N2O/c11-7-2-1-6(10(12,13)14)5-8(7)16-4-3-15-9(16)17/h1-5H,(H,15,17). The Morgan fingerprint density at radius 1 is 1.29 bits per heavy atom. The second kappa shape index (κ2) is 3.96. The average Bonchev–Trinajstić information content (AvgIpc) is 2.63. The van der Waals surface area contributed by atoms with Crippen molar-refractivity contribution in [1.29, 1.82) is 0 Å². The van der Waals surface area contributed by atoms with E-state index in [0.29, 0.717) is 0 Å². The third-order valence-electron chi connectivity index (χ3n) is 2.18. The minimum absolute atomic E-state index is 0.00672. The van der Waals surface area contributed by atoms with Crippen molar-refractivity contribution >= 4 is 11.6 Å². The van der Waals surface area contributed by atoms with Crippen LogP contribution in [0.15, 0.2) is 35.4 Å². The van der Waals surface area contributed by atoms with Crippen molar-refractivity contribution in [2.45, 2.75) is 6.18 Å². The lowest BCUT2D eigenvalue weighted by Gasteiger charge is -2.10. The Kier molecular flexibility index (Phi) is 2.74. The van der Waals surface area contributed by atoms with E-state index in [4.69, 9.17) is 11.6 Å². The molecule has 1 heterocycles.